The standard InChI is InChI=1S/C21H26N4O4S2/c1-15(26)17-5-4-6-18(13-17)23-21(27)16(2)30-20-8-7-19(14-22-20)31(28,29)25-11-9-24(3)10-12-25/h4-8,13-14,16H,9-12H2,1-3H3,(H,23,27)/t16-/m1/s1. The third-order valence-electron chi connectivity index (χ3n) is 5.01. The highest BCUT2D eigenvalue weighted by Crippen LogP contribution is 2.25. The number of aromatic nitrogens is 1. The minimum absolute atomic E-state index is 0.0747. The third-order valence-corrected chi connectivity index (χ3v) is 7.95. The van der Waals surface area contributed by atoms with Crippen molar-refractivity contribution >= 4 is 39.2 Å². The largest absolute Gasteiger partial charge is 0.325 e. The van der Waals surface area contributed by atoms with Crippen LogP contribution in [0.4, 0.5) is 5.69 Å². The molecule has 1 aromatic heterocycles. The van der Waals surface area contributed by atoms with Crippen molar-refractivity contribution in [3.63, 3.8) is 0 Å². The summed E-state index contributed by atoms with van der Waals surface area (Å²) < 4.78 is 27.0. The Hall–Kier alpha value is -2.27. The molecule has 10 heteroatoms. The van der Waals surface area contributed by atoms with Crippen LogP contribution in [0.2, 0.25) is 0 Å². The van der Waals surface area contributed by atoms with Gasteiger partial charge in [-0.2, -0.15) is 4.31 Å². The van der Waals surface area contributed by atoms with Gasteiger partial charge in [0.15, 0.2) is 5.78 Å². The summed E-state index contributed by atoms with van der Waals surface area (Å²) in [6.45, 7) is 5.52. The molecule has 1 saturated heterocycles. The molecule has 0 unspecified atom stereocenters. The number of ketones is 1. The van der Waals surface area contributed by atoms with Crippen LogP contribution < -0.4 is 5.32 Å². The highest BCUT2D eigenvalue weighted by Gasteiger charge is 2.27. The number of hydrogen-bond donors (Lipinski definition) is 1. The van der Waals surface area contributed by atoms with Gasteiger partial charge in [-0.25, -0.2) is 13.4 Å². The lowest BCUT2D eigenvalue weighted by molar-refractivity contribution is -0.115. The van der Waals surface area contributed by atoms with Crippen LogP contribution in [0.25, 0.3) is 0 Å². The van der Waals surface area contributed by atoms with E-state index in [-0.39, 0.29) is 16.6 Å². The molecular formula is C21H26N4O4S2. The second kappa shape index (κ2) is 9.90. The summed E-state index contributed by atoms with van der Waals surface area (Å²) in [6, 6.07) is 9.91. The van der Waals surface area contributed by atoms with E-state index in [0.29, 0.717) is 42.5 Å². The van der Waals surface area contributed by atoms with Gasteiger partial charge >= 0.3 is 0 Å². The Balaban J connectivity index is 1.62. The molecule has 1 atom stereocenters. The Morgan fingerprint density at radius 3 is 2.45 bits per heavy atom. The summed E-state index contributed by atoms with van der Waals surface area (Å²) in [5.41, 5.74) is 1.07. The molecule has 1 amide bonds. The van der Waals surface area contributed by atoms with Crippen LogP contribution in [0.15, 0.2) is 52.5 Å². The number of hydrogen-bond acceptors (Lipinski definition) is 7. The quantitative estimate of drug-likeness (QED) is 0.498. The van der Waals surface area contributed by atoms with Gasteiger partial charge in [0.1, 0.15) is 4.90 Å². The number of carbonyl (C=O) groups is 2. The Bertz CT molecular complexity index is 1050. The van der Waals surface area contributed by atoms with Gasteiger partial charge in [-0.05, 0) is 45.2 Å². The number of rotatable bonds is 7. The number of likely N-dealkylation sites (N-methyl/N-ethyl adjacent to an activating group) is 1. The Morgan fingerprint density at radius 2 is 1.84 bits per heavy atom. The maximum absolute atomic E-state index is 12.8. The zero-order chi connectivity index (χ0) is 22.6. The predicted octanol–water partition coefficient (Wildman–Crippen LogP) is 2.34. The van der Waals surface area contributed by atoms with E-state index in [4.69, 9.17) is 0 Å². The maximum Gasteiger partial charge on any atom is 0.244 e. The smallest absolute Gasteiger partial charge is 0.244 e. The molecule has 1 fully saturated rings. The van der Waals surface area contributed by atoms with Crippen molar-refractivity contribution < 1.29 is 18.0 Å². The maximum atomic E-state index is 12.8. The van der Waals surface area contributed by atoms with Crippen molar-refractivity contribution in [2.24, 2.45) is 0 Å². The number of pyridine rings is 1. The van der Waals surface area contributed by atoms with E-state index in [1.54, 1.807) is 37.3 Å². The van der Waals surface area contributed by atoms with Crippen LogP contribution in [-0.2, 0) is 14.8 Å². The summed E-state index contributed by atoms with van der Waals surface area (Å²) in [6.07, 6.45) is 1.34. The molecule has 0 saturated carbocycles. The SMILES string of the molecule is CC(=O)c1cccc(NC(=O)[C@@H](C)Sc2ccc(S(=O)(=O)N3CCN(C)CC3)cn2)c1. The van der Waals surface area contributed by atoms with E-state index in [1.165, 1.54) is 35.3 Å². The first-order valence-corrected chi connectivity index (χ1v) is 12.2. The monoisotopic (exact) mass is 462 g/mol. The average Bonchev–Trinajstić information content (AvgIpc) is 2.74. The predicted molar refractivity (Wildman–Crippen MR) is 121 cm³/mol. The first kappa shape index (κ1) is 23.4. The van der Waals surface area contributed by atoms with Gasteiger partial charge in [0.05, 0.1) is 10.3 Å². The molecule has 1 aliphatic rings. The number of sulfonamides is 1. The second-order valence-corrected chi connectivity index (χ2v) is 10.7. The number of piperazine rings is 1. The minimum Gasteiger partial charge on any atom is -0.325 e. The second-order valence-electron chi connectivity index (χ2n) is 7.43. The zero-order valence-electron chi connectivity index (χ0n) is 17.7. The highest BCUT2D eigenvalue weighted by molar-refractivity contribution is 8.00. The Morgan fingerprint density at radius 1 is 1.13 bits per heavy atom. The van der Waals surface area contributed by atoms with Crippen LogP contribution >= 0.6 is 11.8 Å². The molecule has 2 heterocycles. The van der Waals surface area contributed by atoms with Crippen molar-refractivity contribution in [3.8, 4) is 0 Å². The van der Waals surface area contributed by atoms with Crippen LogP contribution in [0.5, 0.6) is 0 Å². The van der Waals surface area contributed by atoms with Gasteiger partial charge in [-0.1, -0.05) is 23.9 Å². The fourth-order valence-corrected chi connectivity index (χ4v) is 5.22. The fraction of sp³-hybridized carbons (Fsp3) is 0.381. The van der Waals surface area contributed by atoms with E-state index in [9.17, 15) is 18.0 Å². The van der Waals surface area contributed by atoms with E-state index >= 15 is 0 Å². The molecule has 1 N–H and O–H groups in total. The van der Waals surface area contributed by atoms with Gasteiger partial charge in [-0.3, -0.25) is 9.59 Å². The molecule has 0 radical (unpaired) electrons. The number of thioether (sulfide) groups is 1. The van der Waals surface area contributed by atoms with Gasteiger partial charge < -0.3 is 10.2 Å². The molecule has 166 valence electrons. The molecule has 1 aromatic carbocycles. The first-order chi connectivity index (χ1) is 14.7. The molecule has 0 aliphatic carbocycles. The Labute approximate surface area is 187 Å². The molecular weight excluding hydrogens is 436 g/mol. The lowest BCUT2D eigenvalue weighted by atomic mass is 10.1. The molecule has 1 aliphatic heterocycles. The molecule has 3 rings (SSSR count). The van der Waals surface area contributed by atoms with E-state index in [1.807, 2.05) is 7.05 Å². The summed E-state index contributed by atoms with van der Waals surface area (Å²) in [5.74, 6) is -0.309. The third kappa shape index (κ3) is 5.91. The zero-order valence-corrected chi connectivity index (χ0v) is 19.4. The molecule has 2 aromatic rings. The van der Waals surface area contributed by atoms with Crippen LogP contribution in [0, 0.1) is 0 Å². The number of Topliss-reactive ketones (excluding diaryl/α,β-unsaturated/α-hetero) is 1. The van der Waals surface area contributed by atoms with Gasteiger partial charge in [0.2, 0.25) is 15.9 Å². The van der Waals surface area contributed by atoms with Gasteiger partial charge in [0.25, 0.3) is 0 Å². The fourth-order valence-electron chi connectivity index (χ4n) is 3.06. The molecule has 31 heavy (non-hydrogen) atoms. The molecule has 8 nitrogen and oxygen atoms in total. The number of carbonyl (C=O) groups excluding carboxylic acids is 2. The lowest BCUT2D eigenvalue weighted by Crippen LogP contribution is -2.47. The van der Waals surface area contributed by atoms with Gasteiger partial charge in [0, 0.05) is 43.6 Å². The van der Waals surface area contributed by atoms with Crippen molar-refractivity contribution in [3.05, 3.63) is 48.2 Å². The van der Waals surface area contributed by atoms with Crippen LogP contribution in [-0.4, -0.2) is 72.8 Å². The van der Waals surface area contributed by atoms with Crippen LogP contribution in [0.1, 0.15) is 24.2 Å². The first-order valence-electron chi connectivity index (χ1n) is 9.90. The molecule has 0 bridgehead atoms. The van der Waals surface area contributed by atoms with Gasteiger partial charge in [-0.15, -0.1) is 0 Å². The highest BCUT2D eigenvalue weighted by atomic mass is 32.2. The molecule has 0 spiro atoms. The number of benzene rings is 1. The van der Waals surface area contributed by atoms with Crippen molar-refractivity contribution in [2.45, 2.75) is 29.0 Å². The summed E-state index contributed by atoms with van der Waals surface area (Å²) >= 11 is 1.23. The Kier molecular flexibility index (Phi) is 7.47. The summed E-state index contributed by atoms with van der Waals surface area (Å²) in [4.78, 5) is 30.5. The number of nitrogens with zero attached hydrogens (tertiary/aromatic N) is 3. The number of amides is 1. The normalized spacial score (nSPS) is 16.6. The lowest BCUT2D eigenvalue weighted by Gasteiger charge is -2.31. The average molecular weight is 463 g/mol. The van der Waals surface area contributed by atoms with E-state index in [0.717, 1.165) is 0 Å². The van der Waals surface area contributed by atoms with E-state index < -0.39 is 15.3 Å². The minimum atomic E-state index is -3.57. The van der Waals surface area contributed by atoms with E-state index in [2.05, 4.69) is 15.2 Å². The summed E-state index contributed by atoms with van der Waals surface area (Å²) in [5, 5.41) is 2.88. The number of anilines is 1. The summed E-state index contributed by atoms with van der Waals surface area (Å²) in [7, 11) is -1.60. The van der Waals surface area contributed by atoms with Crippen molar-refractivity contribution in [2.75, 3.05) is 38.5 Å². The topological polar surface area (TPSA) is 99.7 Å². The van der Waals surface area contributed by atoms with Crippen molar-refractivity contribution in [1.82, 2.24) is 14.2 Å². The van der Waals surface area contributed by atoms with Crippen molar-refractivity contribution in [1.29, 1.82) is 0 Å². The van der Waals surface area contributed by atoms with Crippen LogP contribution in [0.3, 0.4) is 0 Å². The number of nitrogens with one attached hydrogen (secondary N) is 1.